The Kier molecular flexibility index (Phi) is 4.02. The van der Waals surface area contributed by atoms with Gasteiger partial charge in [0.2, 0.25) is 5.91 Å². The van der Waals surface area contributed by atoms with Crippen molar-refractivity contribution >= 4 is 5.91 Å². The molecule has 2 rings (SSSR count). The number of hydrogen-bond donors (Lipinski definition) is 2. The summed E-state index contributed by atoms with van der Waals surface area (Å²) >= 11 is 0. The molecule has 18 heavy (non-hydrogen) atoms. The van der Waals surface area contributed by atoms with E-state index in [1.165, 1.54) is 24.0 Å². The molecule has 1 atom stereocenters. The molecule has 0 aromatic heterocycles. The van der Waals surface area contributed by atoms with Crippen LogP contribution in [-0.2, 0) is 4.79 Å². The van der Waals surface area contributed by atoms with E-state index in [-0.39, 0.29) is 11.9 Å². The van der Waals surface area contributed by atoms with Crippen LogP contribution in [0, 0.1) is 13.8 Å². The lowest BCUT2D eigenvalue weighted by Crippen LogP contribution is -2.38. The average molecular weight is 246 g/mol. The van der Waals surface area contributed by atoms with Crippen molar-refractivity contribution in [3.05, 3.63) is 34.9 Å². The van der Waals surface area contributed by atoms with Gasteiger partial charge in [-0.05, 0) is 32.3 Å². The molecule has 0 saturated heterocycles. The molecule has 98 valence electrons. The molecule has 0 spiro atoms. The maximum atomic E-state index is 11.7. The summed E-state index contributed by atoms with van der Waals surface area (Å²) < 4.78 is 0. The van der Waals surface area contributed by atoms with Crippen LogP contribution in [0.3, 0.4) is 0 Å². The van der Waals surface area contributed by atoms with Gasteiger partial charge in [-0.3, -0.25) is 10.1 Å². The Morgan fingerprint density at radius 3 is 2.28 bits per heavy atom. The monoisotopic (exact) mass is 246 g/mol. The maximum Gasteiger partial charge on any atom is 0.239 e. The number of amides is 1. The summed E-state index contributed by atoms with van der Waals surface area (Å²) in [6, 6.07) is 6.28. The normalized spacial score (nSPS) is 17.9. The molecule has 0 aliphatic heterocycles. The Hall–Kier alpha value is -1.35. The highest BCUT2D eigenvalue weighted by molar-refractivity contribution is 5.81. The minimum absolute atomic E-state index is 0.285. The molecule has 1 aromatic rings. The van der Waals surface area contributed by atoms with E-state index in [2.05, 4.69) is 11.4 Å². The van der Waals surface area contributed by atoms with E-state index < -0.39 is 0 Å². The highest BCUT2D eigenvalue weighted by Gasteiger charge is 2.24. The minimum Gasteiger partial charge on any atom is -0.368 e. The third kappa shape index (κ3) is 3.10. The predicted octanol–water partition coefficient (Wildman–Crippen LogP) is 2.36. The maximum absolute atomic E-state index is 11.7. The molecule has 1 amide bonds. The van der Waals surface area contributed by atoms with Gasteiger partial charge in [-0.2, -0.15) is 0 Å². The second-order valence-corrected chi connectivity index (χ2v) is 5.40. The summed E-state index contributed by atoms with van der Waals surface area (Å²) in [5.74, 6) is -0.285. The topological polar surface area (TPSA) is 55.1 Å². The van der Waals surface area contributed by atoms with Crippen LogP contribution in [-0.4, -0.2) is 11.9 Å². The van der Waals surface area contributed by atoms with Crippen LogP contribution in [0.2, 0.25) is 0 Å². The van der Waals surface area contributed by atoms with Crippen molar-refractivity contribution < 1.29 is 4.79 Å². The number of primary amides is 1. The van der Waals surface area contributed by atoms with Gasteiger partial charge in [0.15, 0.2) is 0 Å². The Morgan fingerprint density at radius 2 is 1.78 bits per heavy atom. The molecule has 1 fully saturated rings. The second kappa shape index (κ2) is 5.53. The average Bonchev–Trinajstić information content (AvgIpc) is 2.76. The molecular formula is C15H22N2O. The molecular weight excluding hydrogens is 224 g/mol. The van der Waals surface area contributed by atoms with Gasteiger partial charge in [0.1, 0.15) is 6.04 Å². The molecule has 1 unspecified atom stereocenters. The molecule has 0 bridgehead atoms. The van der Waals surface area contributed by atoms with Crippen molar-refractivity contribution in [1.29, 1.82) is 0 Å². The van der Waals surface area contributed by atoms with Gasteiger partial charge in [0, 0.05) is 6.04 Å². The van der Waals surface area contributed by atoms with E-state index in [9.17, 15) is 4.79 Å². The Labute approximate surface area is 109 Å². The highest BCUT2D eigenvalue weighted by atomic mass is 16.1. The Bertz CT molecular complexity index is 416. The zero-order chi connectivity index (χ0) is 13.1. The van der Waals surface area contributed by atoms with Crippen LogP contribution >= 0.6 is 0 Å². The minimum atomic E-state index is -0.355. The summed E-state index contributed by atoms with van der Waals surface area (Å²) in [6.07, 6.45) is 4.79. The number of carbonyl (C=O) groups excluding carboxylic acids is 1. The van der Waals surface area contributed by atoms with E-state index >= 15 is 0 Å². The van der Waals surface area contributed by atoms with Gasteiger partial charge in [-0.15, -0.1) is 0 Å². The number of nitrogens with one attached hydrogen (secondary N) is 1. The SMILES string of the molecule is Cc1cc(C)cc(C(NC2CCCC2)C(N)=O)c1. The summed E-state index contributed by atoms with van der Waals surface area (Å²) in [5, 5.41) is 3.41. The molecule has 3 N–H and O–H groups in total. The van der Waals surface area contributed by atoms with Gasteiger partial charge in [0.25, 0.3) is 0 Å². The first-order chi connectivity index (χ1) is 8.56. The van der Waals surface area contributed by atoms with Crippen molar-refractivity contribution in [2.45, 2.75) is 51.6 Å². The fraction of sp³-hybridized carbons (Fsp3) is 0.533. The first kappa shape index (κ1) is 13.1. The molecule has 1 aromatic carbocycles. The van der Waals surface area contributed by atoms with E-state index in [4.69, 9.17) is 5.73 Å². The summed E-state index contributed by atoms with van der Waals surface area (Å²) in [7, 11) is 0. The highest BCUT2D eigenvalue weighted by Crippen LogP contribution is 2.23. The summed E-state index contributed by atoms with van der Waals surface area (Å²) in [4.78, 5) is 11.7. The first-order valence-electron chi connectivity index (χ1n) is 6.70. The van der Waals surface area contributed by atoms with Crippen molar-refractivity contribution in [2.24, 2.45) is 5.73 Å². The fourth-order valence-corrected chi connectivity index (χ4v) is 2.85. The van der Waals surface area contributed by atoms with Gasteiger partial charge in [0.05, 0.1) is 0 Å². The third-order valence-corrected chi connectivity index (χ3v) is 3.62. The van der Waals surface area contributed by atoms with Crippen LogP contribution in [0.5, 0.6) is 0 Å². The van der Waals surface area contributed by atoms with Crippen molar-refractivity contribution in [3.8, 4) is 0 Å². The molecule has 1 aliphatic carbocycles. The molecule has 0 radical (unpaired) electrons. The largest absolute Gasteiger partial charge is 0.368 e. The molecule has 3 heteroatoms. The second-order valence-electron chi connectivity index (χ2n) is 5.40. The summed E-state index contributed by atoms with van der Waals surface area (Å²) in [6.45, 7) is 4.09. The van der Waals surface area contributed by atoms with E-state index in [1.807, 2.05) is 26.0 Å². The van der Waals surface area contributed by atoms with Gasteiger partial charge in [-0.1, -0.05) is 42.2 Å². The number of benzene rings is 1. The van der Waals surface area contributed by atoms with Crippen LogP contribution in [0.25, 0.3) is 0 Å². The number of carbonyl (C=O) groups is 1. The van der Waals surface area contributed by atoms with Crippen LogP contribution in [0.1, 0.15) is 48.4 Å². The number of rotatable bonds is 4. The zero-order valence-corrected chi connectivity index (χ0v) is 11.2. The quantitative estimate of drug-likeness (QED) is 0.857. The predicted molar refractivity (Wildman–Crippen MR) is 73.2 cm³/mol. The lowest BCUT2D eigenvalue weighted by Gasteiger charge is -2.21. The molecule has 3 nitrogen and oxygen atoms in total. The standard InChI is InChI=1S/C15H22N2O/c1-10-7-11(2)9-12(8-10)14(15(16)18)17-13-5-3-4-6-13/h7-9,13-14,17H,3-6H2,1-2H3,(H2,16,18). The smallest absolute Gasteiger partial charge is 0.239 e. The zero-order valence-electron chi connectivity index (χ0n) is 11.2. The molecule has 1 saturated carbocycles. The Balaban J connectivity index is 2.20. The Morgan fingerprint density at radius 1 is 1.22 bits per heavy atom. The van der Waals surface area contributed by atoms with Crippen LogP contribution in [0.15, 0.2) is 18.2 Å². The van der Waals surface area contributed by atoms with Crippen molar-refractivity contribution in [2.75, 3.05) is 0 Å². The van der Waals surface area contributed by atoms with Crippen LogP contribution in [0.4, 0.5) is 0 Å². The van der Waals surface area contributed by atoms with E-state index in [1.54, 1.807) is 0 Å². The molecule has 1 aliphatic rings. The van der Waals surface area contributed by atoms with Crippen LogP contribution < -0.4 is 11.1 Å². The first-order valence-corrected chi connectivity index (χ1v) is 6.70. The van der Waals surface area contributed by atoms with Gasteiger partial charge in [-0.25, -0.2) is 0 Å². The number of nitrogens with two attached hydrogens (primary N) is 1. The fourth-order valence-electron chi connectivity index (χ4n) is 2.85. The van der Waals surface area contributed by atoms with Gasteiger partial charge < -0.3 is 5.73 Å². The van der Waals surface area contributed by atoms with Crippen molar-refractivity contribution in [3.63, 3.8) is 0 Å². The number of aryl methyl sites for hydroxylation is 2. The number of hydrogen-bond acceptors (Lipinski definition) is 2. The van der Waals surface area contributed by atoms with Gasteiger partial charge >= 0.3 is 0 Å². The lowest BCUT2D eigenvalue weighted by atomic mass is 10.00. The summed E-state index contributed by atoms with van der Waals surface area (Å²) in [5.41, 5.74) is 8.88. The van der Waals surface area contributed by atoms with Crippen molar-refractivity contribution in [1.82, 2.24) is 5.32 Å². The van der Waals surface area contributed by atoms with E-state index in [0.29, 0.717) is 6.04 Å². The lowest BCUT2D eigenvalue weighted by molar-refractivity contribution is -0.120. The third-order valence-electron chi connectivity index (χ3n) is 3.62. The van der Waals surface area contributed by atoms with E-state index in [0.717, 1.165) is 18.4 Å². The molecule has 0 heterocycles.